The summed E-state index contributed by atoms with van der Waals surface area (Å²) in [5, 5.41) is 4.78. The first-order chi connectivity index (χ1) is 8.70. The van der Waals surface area contributed by atoms with Gasteiger partial charge in [0.2, 0.25) is 0 Å². The van der Waals surface area contributed by atoms with E-state index >= 15 is 0 Å². The number of halogens is 2. The molecule has 0 aromatic heterocycles. The predicted molar refractivity (Wildman–Crippen MR) is 74.5 cm³/mol. The number of fused-ring (bicyclic) bond motifs is 1. The van der Waals surface area contributed by atoms with Gasteiger partial charge in [-0.25, -0.2) is 0 Å². The molecule has 0 radical (unpaired) electrons. The van der Waals surface area contributed by atoms with Crippen molar-refractivity contribution in [1.29, 1.82) is 0 Å². The van der Waals surface area contributed by atoms with Crippen LogP contribution in [0.1, 0.15) is 12.0 Å². The third-order valence-electron chi connectivity index (χ3n) is 4.57. The maximum absolute atomic E-state index is 6.15. The molecule has 0 unspecified atom stereocenters. The van der Waals surface area contributed by atoms with Gasteiger partial charge < -0.3 is 10.1 Å². The van der Waals surface area contributed by atoms with Crippen LogP contribution in [0, 0.1) is 11.8 Å². The van der Waals surface area contributed by atoms with Crippen LogP contribution in [0.4, 0.5) is 0 Å². The van der Waals surface area contributed by atoms with E-state index in [9.17, 15) is 0 Å². The molecule has 1 aliphatic heterocycles. The standard InChI is InChI=1S/C14H17Cl2NO/c1-18-5-4-10-11-7-17-8-14(10,11)9-2-3-12(15)13(16)6-9/h2-3,6,10-11,17H,4-5,7-8H2,1H3/t10-,11-,14-/m1/s1. The van der Waals surface area contributed by atoms with Gasteiger partial charge in [-0.2, -0.15) is 0 Å². The first-order valence-corrected chi connectivity index (χ1v) is 7.11. The lowest BCUT2D eigenvalue weighted by molar-refractivity contribution is 0.185. The molecule has 1 saturated carbocycles. The second-order valence-corrected chi connectivity index (χ2v) is 6.11. The van der Waals surface area contributed by atoms with E-state index in [0.717, 1.165) is 38.0 Å². The van der Waals surface area contributed by atoms with Crippen molar-refractivity contribution in [3.8, 4) is 0 Å². The lowest BCUT2D eigenvalue weighted by Crippen LogP contribution is -2.24. The minimum absolute atomic E-state index is 0.271. The van der Waals surface area contributed by atoms with Gasteiger partial charge in [-0.05, 0) is 42.5 Å². The zero-order valence-electron chi connectivity index (χ0n) is 10.4. The number of hydrogen-bond acceptors (Lipinski definition) is 2. The van der Waals surface area contributed by atoms with Gasteiger partial charge in [0, 0.05) is 25.7 Å². The molecule has 2 aliphatic rings. The number of rotatable bonds is 4. The van der Waals surface area contributed by atoms with E-state index in [1.165, 1.54) is 5.56 Å². The van der Waals surface area contributed by atoms with Crippen LogP contribution < -0.4 is 5.32 Å². The Bertz CT molecular complexity index is 465. The first kappa shape index (κ1) is 12.7. The van der Waals surface area contributed by atoms with E-state index in [1.807, 2.05) is 12.1 Å². The average molecular weight is 286 g/mol. The Labute approximate surface area is 118 Å². The van der Waals surface area contributed by atoms with E-state index in [1.54, 1.807) is 7.11 Å². The molecular formula is C14H17Cl2NO. The second kappa shape index (κ2) is 4.68. The zero-order valence-corrected chi connectivity index (χ0v) is 11.9. The van der Waals surface area contributed by atoms with Crippen LogP contribution >= 0.6 is 23.2 Å². The minimum Gasteiger partial charge on any atom is -0.385 e. The predicted octanol–water partition coefficient (Wildman–Crippen LogP) is 3.12. The molecule has 0 bridgehead atoms. The zero-order chi connectivity index (χ0) is 12.8. The van der Waals surface area contributed by atoms with Crippen LogP contribution in [0.25, 0.3) is 0 Å². The quantitative estimate of drug-likeness (QED) is 0.918. The number of methoxy groups -OCH3 is 1. The van der Waals surface area contributed by atoms with Crippen LogP contribution in [0.2, 0.25) is 10.0 Å². The van der Waals surface area contributed by atoms with Crippen molar-refractivity contribution in [2.45, 2.75) is 11.8 Å². The number of ether oxygens (including phenoxy) is 1. The fraction of sp³-hybridized carbons (Fsp3) is 0.571. The Kier molecular flexibility index (Phi) is 3.31. The highest BCUT2D eigenvalue weighted by Gasteiger charge is 2.66. The van der Waals surface area contributed by atoms with Crippen molar-refractivity contribution in [3.63, 3.8) is 0 Å². The summed E-state index contributed by atoms with van der Waals surface area (Å²) in [5.41, 5.74) is 1.60. The summed E-state index contributed by atoms with van der Waals surface area (Å²) < 4.78 is 5.21. The topological polar surface area (TPSA) is 21.3 Å². The van der Waals surface area contributed by atoms with Crippen molar-refractivity contribution >= 4 is 23.2 Å². The number of nitrogens with one attached hydrogen (secondary N) is 1. The Morgan fingerprint density at radius 1 is 1.39 bits per heavy atom. The molecule has 1 aliphatic carbocycles. The second-order valence-electron chi connectivity index (χ2n) is 5.29. The molecule has 4 heteroatoms. The lowest BCUT2D eigenvalue weighted by Gasteiger charge is -2.16. The minimum atomic E-state index is 0.271. The summed E-state index contributed by atoms with van der Waals surface area (Å²) in [6, 6.07) is 6.08. The van der Waals surface area contributed by atoms with Gasteiger partial charge in [0.1, 0.15) is 0 Å². The normalized spacial score (nSPS) is 33.5. The maximum atomic E-state index is 6.15. The van der Waals surface area contributed by atoms with Gasteiger partial charge in [-0.3, -0.25) is 0 Å². The summed E-state index contributed by atoms with van der Waals surface area (Å²) in [5.74, 6) is 1.45. The van der Waals surface area contributed by atoms with E-state index in [4.69, 9.17) is 27.9 Å². The van der Waals surface area contributed by atoms with Crippen molar-refractivity contribution in [2.24, 2.45) is 11.8 Å². The molecule has 18 heavy (non-hydrogen) atoms. The maximum Gasteiger partial charge on any atom is 0.0595 e. The molecule has 98 valence electrons. The highest BCUT2D eigenvalue weighted by Crippen LogP contribution is 2.63. The fourth-order valence-corrected chi connectivity index (χ4v) is 3.94. The molecule has 0 spiro atoms. The van der Waals surface area contributed by atoms with Crippen LogP contribution in [-0.4, -0.2) is 26.8 Å². The molecule has 2 fully saturated rings. The molecule has 1 N–H and O–H groups in total. The molecule has 2 nitrogen and oxygen atoms in total. The molecule has 1 aromatic rings. The van der Waals surface area contributed by atoms with Crippen molar-refractivity contribution in [2.75, 3.05) is 26.8 Å². The Hall–Kier alpha value is -0.280. The van der Waals surface area contributed by atoms with E-state index in [0.29, 0.717) is 10.0 Å². The molecule has 3 rings (SSSR count). The lowest BCUT2D eigenvalue weighted by atomic mass is 9.92. The highest BCUT2D eigenvalue weighted by atomic mass is 35.5. The summed E-state index contributed by atoms with van der Waals surface area (Å²) >= 11 is 12.1. The van der Waals surface area contributed by atoms with Gasteiger partial charge in [0.15, 0.2) is 0 Å². The Morgan fingerprint density at radius 3 is 2.94 bits per heavy atom. The van der Waals surface area contributed by atoms with Crippen LogP contribution in [0.3, 0.4) is 0 Å². The average Bonchev–Trinajstić information content (AvgIpc) is 2.77. The number of benzene rings is 1. The largest absolute Gasteiger partial charge is 0.385 e. The summed E-state index contributed by atoms with van der Waals surface area (Å²) in [6.45, 7) is 2.99. The molecule has 0 amide bonds. The monoisotopic (exact) mass is 285 g/mol. The SMILES string of the molecule is COCC[C@@H]1[C@H]2CNC[C@@]12c1ccc(Cl)c(Cl)c1. The molecule has 1 aromatic carbocycles. The summed E-state index contributed by atoms with van der Waals surface area (Å²) in [4.78, 5) is 0. The number of piperidine rings is 1. The molecule has 3 atom stereocenters. The van der Waals surface area contributed by atoms with Gasteiger partial charge in [0.25, 0.3) is 0 Å². The Morgan fingerprint density at radius 2 is 2.22 bits per heavy atom. The van der Waals surface area contributed by atoms with Crippen LogP contribution in [0.5, 0.6) is 0 Å². The molecule has 1 saturated heterocycles. The van der Waals surface area contributed by atoms with Gasteiger partial charge in [0.05, 0.1) is 10.0 Å². The van der Waals surface area contributed by atoms with Gasteiger partial charge in [-0.15, -0.1) is 0 Å². The summed E-state index contributed by atoms with van der Waals surface area (Å²) in [6.07, 6.45) is 1.13. The van der Waals surface area contributed by atoms with E-state index < -0.39 is 0 Å². The fourth-order valence-electron chi connectivity index (χ4n) is 3.65. The van der Waals surface area contributed by atoms with Gasteiger partial charge >= 0.3 is 0 Å². The van der Waals surface area contributed by atoms with Crippen LogP contribution in [-0.2, 0) is 10.2 Å². The third-order valence-corrected chi connectivity index (χ3v) is 5.31. The molecule has 1 heterocycles. The van der Waals surface area contributed by atoms with E-state index in [-0.39, 0.29) is 5.41 Å². The third kappa shape index (κ3) is 1.78. The first-order valence-electron chi connectivity index (χ1n) is 6.35. The van der Waals surface area contributed by atoms with Crippen molar-refractivity contribution in [1.82, 2.24) is 5.32 Å². The van der Waals surface area contributed by atoms with Crippen molar-refractivity contribution < 1.29 is 4.74 Å². The van der Waals surface area contributed by atoms with E-state index in [2.05, 4.69) is 11.4 Å². The smallest absolute Gasteiger partial charge is 0.0595 e. The highest BCUT2D eigenvalue weighted by molar-refractivity contribution is 6.42. The molecular weight excluding hydrogens is 269 g/mol. The van der Waals surface area contributed by atoms with Crippen molar-refractivity contribution in [3.05, 3.63) is 33.8 Å². The number of hydrogen-bond donors (Lipinski definition) is 1. The summed E-state index contributed by atoms with van der Waals surface area (Å²) in [7, 11) is 1.77. The van der Waals surface area contributed by atoms with Gasteiger partial charge in [-0.1, -0.05) is 29.3 Å². The van der Waals surface area contributed by atoms with Crippen LogP contribution in [0.15, 0.2) is 18.2 Å². The Balaban J connectivity index is 1.87.